The van der Waals surface area contributed by atoms with Crippen molar-refractivity contribution < 1.29 is 4.74 Å². The summed E-state index contributed by atoms with van der Waals surface area (Å²) >= 11 is 5.95. The Balaban J connectivity index is 2.35. The summed E-state index contributed by atoms with van der Waals surface area (Å²) < 4.78 is 6.13. The van der Waals surface area contributed by atoms with E-state index in [0.29, 0.717) is 5.02 Å². The average molecular weight is 291 g/mol. The monoisotopic (exact) mass is 290 g/mol. The van der Waals surface area contributed by atoms with Gasteiger partial charge in [0.15, 0.2) is 0 Å². The molecular weight excluding hydrogens is 272 g/mol. The molecule has 0 saturated carbocycles. The van der Waals surface area contributed by atoms with Gasteiger partial charge in [-0.25, -0.2) is 0 Å². The number of hydrogen-bond acceptors (Lipinski definition) is 3. The van der Waals surface area contributed by atoms with E-state index in [-0.39, 0.29) is 0 Å². The first-order valence-corrected chi connectivity index (χ1v) is 6.85. The zero-order chi connectivity index (χ0) is 14.9. The summed E-state index contributed by atoms with van der Waals surface area (Å²) in [6.07, 6.45) is 1.64. The molecule has 1 heterocycles. The first-order valence-electron chi connectivity index (χ1n) is 6.47. The minimum Gasteiger partial charge on any atom is -0.481 e. The van der Waals surface area contributed by atoms with Gasteiger partial charge in [0.05, 0.1) is 10.7 Å². The third kappa shape index (κ3) is 3.05. The van der Waals surface area contributed by atoms with Gasteiger partial charge < -0.3 is 10.5 Å². The van der Waals surface area contributed by atoms with E-state index in [1.165, 1.54) is 0 Å². The van der Waals surface area contributed by atoms with Crippen molar-refractivity contribution >= 4 is 17.3 Å². The molecule has 0 fully saturated rings. The van der Waals surface area contributed by atoms with E-state index in [2.05, 4.69) is 4.98 Å². The Morgan fingerprint density at radius 1 is 1.15 bits per heavy atom. The molecule has 0 spiro atoms. The Kier molecular flexibility index (Phi) is 3.91. The lowest BCUT2D eigenvalue weighted by molar-refractivity contribution is 0.102. The second-order valence-corrected chi connectivity index (χ2v) is 5.89. The molecule has 2 N–H and O–H groups in total. The van der Waals surface area contributed by atoms with E-state index < -0.39 is 5.60 Å². The van der Waals surface area contributed by atoms with Crippen molar-refractivity contribution in [3.8, 4) is 5.75 Å². The fourth-order valence-corrected chi connectivity index (χ4v) is 2.49. The van der Waals surface area contributed by atoms with Gasteiger partial charge in [0, 0.05) is 11.9 Å². The quantitative estimate of drug-likeness (QED) is 0.860. The lowest BCUT2D eigenvalue weighted by atomic mass is 9.99. The van der Waals surface area contributed by atoms with Crippen molar-refractivity contribution in [1.82, 2.24) is 4.98 Å². The first-order chi connectivity index (χ1) is 9.29. The number of rotatable bonds is 3. The number of aryl methyl sites for hydroxylation is 2. The number of nitrogen functional groups attached to an aromatic ring is 1. The van der Waals surface area contributed by atoms with Crippen LogP contribution in [0, 0.1) is 13.8 Å². The molecule has 1 aromatic carbocycles. The van der Waals surface area contributed by atoms with Gasteiger partial charge in [-0.2, -0.15) is 0 Å². The van der Waals surface area contributed by atoms with Gasteiger partial charge in [0.25, 0.3) is 0 Å². The third-order valence-electron chi connectivity index (χ3n) is 3.18. The Morgan fingerprint density at radius 3 is 2.45 bits per heavy atom. The molecular formula is C16H19ClN2O. The first kappa shape index (κ1) is 14.7. The number of aromatic nitrogens is 1. The molecule has 0 atom stereocenters. The molecule has 0 unspecified atom stereocenters. The fourth-order valence-electron chi connectivity index (χ4n) is 2.28. The highest BCUT2D eigenvalue weighted by Crippen LogP contribution is 2.31. The number of benzene rings is 1. The minimum atomic E-state index is -0.546. The summed E-state index contributed by atoms with van der Waals surface area (Å²) in [7, 11) is 0. The van der Waals surface area contributed by atoms with Crippen molar-refractivity contribution in [2.45, 2.75) is 33.3 Å². The summed E-state index contributed by atoms with van der Waals surface area (Å²) in [6.45, 7) is 7.94. The van der Waals surface area contributed by atoms with Gasteiger partial charge in [-0.1, -0.05) is 11.6 Å². The molecule has 0 aliphatic carbocycles. The molecule has 2 aromatic rings. The second kappa shape index (κ2) is 5.33. The second-order valence-electron chi connectivity index (χ2n) is 5.46. The van der Waals surface area contributed by atoms with Crippen LogP contribution in [0.2, 0.25) is 5.02 Å². The Bertz CT molecular complexity index is 638. The SMILES string of the molecule is Cc1cc(N)ccc1OC(C)(C)c1ncc(Cl)cc1C. The highest BCUT2D eigenvalue weighted by molar-refractivity contribution is 6.30. The molecule has 0 saturated heterocycles. The summed E-state index contributed by atoms with van der Waals surface area (Å²) in [5.74, 6) is 0.806. The van der Waals surface area contributed by atoms with Gasteiger partial charge >= 0.3 is 0 Å². The predicted octanol–water partition coefficient (Wildman–Crippen LogP) is 4.25. The van der Waals surface area contributed by atoms with Crippen LogP contribution in [0.25, 0.3) is 0 Å². The molecule has 1 aromatic heterocycles. The van der Waals surface area contributed by atoms with Gasteiger partial charge in [-0.3, -0.25) is 4.98 Å². The largest absolute Gasteiger partial charge is 0.481 e. The van der Waals surface area contributed by atoms with Crippen LogP contribution < -0.4 is 10.5 Å². The Morgan fingerprint density at radius 2 is 1.85 bits per heavy atom. The number of hydrogen-bond donors (Lipinski definition) is 1. The fraction of sp³-hybridized carbons (Fsp3) is 0.312. The zero-order valence-corrected chi connectivity index (χ0v) is 13.0. The number of anilines is 1. The molecule has 0 bridgehead atoms. The van der Waals surface area contributed by atoms with Crippen LogP contribution in [-0.2, 0) is 5.60 Å². The number of nitrogens with two attached hydrogens (primary N) is 1. The lowest BCUT2D eigenvalue weighted by Crippen LogP contribution is -2.28. The maximum atomic E-state index is 6.13. The molecule has 0 radical (unpaired) electrons. The lowest BCUT2D eigenvalue weighted by Gasteiger charge is -2.28. The van der Waals surface area contributed by atoms with Crippen molar-refractivity contribution in [3.05, 3.63) is 52.3 Å². The standard InChI is InChI=1S/C16H19ClN2O/c1-10-8-13(18)5-6-14(10)20-16(3,4)15-11(2)7-12(17)9-19-15/h5-9H,18H2,1-4H3. The Labute approximate surface area is 124 Å². The molecule has 106 valence electrons. The number of pyridine rings is 1. The van der Waals surface area contributed by atoms with Crippen molar-refractivity contribution in [3.63, 3.8) is 0 Å². The van der Waals surface area contributed by atoms with E-state index in [0.717, 1.165) is 28.3 Å². The van der Waals surface area contributed by atoms with Gasteiger partial charge in [0.2, 0.25) is 0 Å². The molecule has 4 heteroatoms. The normalized spacial score (nSPS) is 11.4. The molecule has 20 heavy (non-hydrogen) atoms. The number of ether oxygens (including phenoxy) is 1. The van der Waals surface area contributed by atoms with Gasteiger partial charge in [0.1, 0.15) is 11.4 Å². The minimum absolute atomic E-state index is 0.546. The molecule has 3 nitrogen and oxygen atoms in total. The number of halogens is 1. The maximum absolute atomic E-state index is 6.13. The molecule has 0 aliphatic heterocycles. The molecule has 2 rings (SSSR count). The highest BCUT2D eigenvalue weighted by atomic mass is 35.5. The van der Waals surface area contributed by atoms with Crippen LogP contribution in [0.4, 0.5) is 5.69 Å². The summed E-state index contributed by atoms with van der Waals surface area (Å²) in [5.41, 5.74) is 8.83. The van der Waals surface area contributed by atoms with E-state index in [9.17, 15) is 0 Å². The third-order valence-corrected chi connectivity index (χ3v) is 3.39. The average Bonchev–Trinajstić information content (AvgIpc) is 2.32. The smallest absolute Gasteiger partial charge is 0.145 e. The van der Waals surface area contributed by atoms with Gasteiger partial charge in [-0.15, -0.1) is 0 Å². The topological polar surface area (TPSA) is 48.1 Å². The Hall–Kier alpha value is -1.74. The van der Waals surface area contributed by atoms with Crippen molar-refractivity contribution in [1.29, 1.82) is 0 Å². The van der Waals surface area contributed by atoms with Crippen LogP contribution in [0.5, 0.6) is 5.75 Å². The van der Waals surface area contributed by atoms with Crippen molar-refractivity contribution in [2.24, 2.45) is 0 Å². The summed E-state index contributed by atoms with van der Waals surface area (Å²) in [5, 5.41) is 0.630. The van der Waals surface area contributed by atoms with E-state index in [4.69, 9.17) is 22.1 Å². The van der Waals surface area contributed by atoms with Crippen LogP contribution in [-0.4, -0.2) is 4.98 Å². The zero-order valence-electron chi connectivity index (χ0n) is 12.2. The summed E-state index contributed by atoms with van der Waals surface area (Å²) in [6, 6.07) is 7.51. The number of nitrogens with zero attached hydrogens (tertiary/aromatic N) is 1. The van der Waals surface area contributed by atoms with Crippen LogP contribution in [0.15, 0.2) is 30.5 Å². The van der Waals surface area contributed by atoms with Crippen molar-refractivity contribution in [2.75, 3.05) is 5.73 Å². The summed E-state index contributed by atoms with van der Waals surface area (Å²) in [4.78, 5) is 4.41. The molecule has 0 amide bonds. The van der Waals surface area contributed by atoms with Gasteiger partial charge in [-0.05, 0) is 63.1 Å². The van der Waals surface area contributed by atoms with Crippen LogP contribution >= 0.6 is 11.6 Å². The van der Waals surface area contributed by atoms with E-state index in [1.807, 2.05) is 52.0 Å². The molecule has 0 aliphatic rings. The highest BCUT2D eigenvalue weighted by Gasteiger charge is 2.27. The van der Waals surface area contributed by atoms with E-state index >= 15 is 0 Å². The van der Waals surface area contributed by atoms with E-state index in [1.54, 1.807) is 6.20 Å². The van der Waals surface area contributed by atoms with Crippen LogP contribution in [0.3, 0.4) is 0 Å². The van der Waals surface area contributed by atoms with Crippen LogP contribution in [0.1, 0.15) is 30.7 Å². The maximum Gasteiger partial charge on any atom is 0.145 e. The predicted molar refractivity (Wildman–Crippen MR) is 83.2 cm³/mol.